The third-order valence-electron chi connectivity index (χ3n) is 2.64. The molecular weight excluding hydrogens is 138 g/mol. The van der Waals surface area contributed by atoms with Crippen LogP contribution in [0.25, 0.3) is 0 Å². The molecule has 62 valence electrons. The molecule has 1 N–H and O–H groups in total. The second kappa shape index (κ2) is 2.84. The number of amides is 1. The number of carbonyl (C=O) groups is 1. The largest absolute Gasteiger partial charge is 0.353 e. The van der Waals surface area contributed by atoms with Crippen LogP contribution in [-0.2, 0) is 4.79 Å². The summed E-state index contributed by atoms with van der Waals surface area (Å²) in [5.74, 6) is 1.02. The van der Waals surface area contributed by atoms with Crippen molar-refractivity contribution in [3.8, 4) is 0 Å². The van der Waals surface area contributed by atoms with Crippen molar-refractivity contribution >= 4 is 5.91 Å². The first-order valence-electron chi connectivity index (χ1n) is 4.64. The molecule has 2 nitrogen and oxygen atoms in total. The minimum absolute atomic E-state index is 0.289. The summed E-state index contributed by atoms with van der Waals surface area (Å²) in [6.07, 6.45) is 7.05. The maximum Gasteiger partial charge on any atom is 0.220 e. The van der Waals surface area contributed by atoms with E-state index in [1.807, 2.05) is 0 Å². The van der Waals surface area contributed by atoms with Crippen LogP contribution in [0.5, 0.6) is 0 Å². The zero-order valence-electron chi connectivity index (χ0n) is 6.81. The van der Waals surface area contributed by atoms with Gasteiger partial charge in [-0.1, -0.05) is 0 Å². The Morgan fingerprint density at radius 2 is 2.00 bits per heavy atom. The van der Waals surface area contributed by atoms with Gasteiger partial charge in [-0.05, 0) is 38.0 Å². The summed E-state index contributed by atoms with van der Waals surface area (Å²) in [5.41, 5.74) is 0. The van der Waals surface area contributed by atoms with Crippen LogP contribution in [0.3, 0.4) is 0 Å². The molecule has 0 aliphatic heterocycles. The molecule has 0 aromatic carbocycles. The molecule has 0 aromatic rings. The van der Waals surface area contributed by atoms with Crippen LogP contribution in [0, 0.1) is 5.92 Å². The van der Waals surface area contributed by atoms with E-state index in [2.05, 4.69) is 5.32 Å². The number of carbonyl (C=O) groups excluding carboxylic acids is 1. The fourth-order valence-corrected chi connectivity index (χ4v) is 1.42. The van der Waals surface area contributed by atoms with E-state index in [-0.39, 0.29) is 5.91 Å². The van der Waals surface area contributed by atoms with Gasteiger partial charge in [-0.25, -0.2) is 0 Å². The molecule has 0 saturated heterocycles. The van der Waals surface area contributed by atoms with Gasteiger partial charge in [0.1, 0.15) is 0 Å². The van der Waals surface area contributed by atoms with Crippen molar-refractivity contribution in [3.05, 3.63) is 0 Å². The monoisotopic (exact) mass is 153 g/mol. The predicted molar refractivity (Wildman–Crippen MR) is 43.1 cm³/mol. The Balaban J connectivity index is 1.63. The Labute approximate surface area is 67.4 Å². The van der Waals surface area contributed by atoms with Gasteiger partial charge in [-0.2, -0.15) is 0 Å². The first kappa shape index (κ1) is 7.14. The highest BCUT2D eigenvalue weighted by atomic mass is 16.1. The summed E-state index contributed by atoms with van der Waals surface area (Å²) in [6, 6.07) is 0.529. The maximum absolute atomic E-state index is 11.2. The molecule has 2 fully saturated rings. The Bertz CT molecular complexity index is 159. The van der Waals surface area contributed by atoms with Gasteiger partial charge >= 0.3 is 0 Å². The Morgan fingerprint density at radius 3 is 2.45 bits per heavy atom. The molecule has 1 amide bonds. The molecule has 0 bridgehead atoms. The number of nitrogens with one attached hydrogen (secondary N) is 1. The van der Waals surface area contributed by atoms with Crippen LogP contribution < -0.4 is 5.32 Å². The van der Waals surface area contributed by atoms with Crippen molar-refractivity contribution < 1.29 is 4.79 Å². The van der Waals surface area contributed by atoms with E-state index in [9.17, 15) is 4.79 Å². The predicted octanol–water partition coefficient (Wildman–Crippen LogP) is 1.46. The highest BCUT2D eigenvalue weighted by Crippen LogP contribution is 2.32. The van der Waals surface area contributed by atoms with E-state index in [0.717, 1.165) is 12.3 Å². The molecule has 11 heavy (non-hydrogen) atoms. The molecule has 2 heteroatoms. The zero-order chi connectivity index (χ0) is 7.68. The summed E-state index contributed by atoms with van der Waals surface area (Å²) in [7, 11) is 0. The summed E-state index contributed by atoms with van der Waals surface area (Å²) >= 11 is 0. The topological polar surface area (TPSA) is 29.1 Å². The summed E-state index contributed by atoms with van der Waals surface area (Å²) in [5, 5.41) is 3.05. The number of hydrogen-bond donors (Lipinski definition) is 1. The lowest BCUT2D eigenvalue weighted by molar-refractivity contribution is -0.122. The third kappa shape index (κ3) is 1.95. The summed E-state index contributed by atoms with van der Waals surface area (Å²) in [6.45, 7) is 0. The molecule has 2 saturated carbocycles. The van der Waals surface area contributed by atoms with Crippen molar-refractivity contribution in [1.29, 1.82) is 0 Å². The quantitative estimate of drug-likeness (QED) is 0.653. The second-order valence-corrected chi connectivity index (χ2v) is 3.84. The Hall–Kier alpha value is -0.530. The Morgan fingerprint density at radius 1 is 1.27 bits per heavy atom. The molecule has 0 radical (unpaired) electrons. The highest BCUT2D eigenvalue weighted by molar-refractivity contribution is 5.76. The molecule has 0 unspecified atom stereocenters. The molecule has 2 aliphatic rings. The summed E-state index contributed by atoms with van der Waals surface area (Å²) in [4.78, 5) is 11.2. The maximum atomic E-state index is 11.2. The van der Waals surface area contributed by atoms with Gasteiger partial charge in [0.05, 0.1) is 0 Å². The lowest BCUT2D eigenvalue weighted by Gasteiger charge is -2.26. The normalized spacial score (nSPS) is 24.4. The standard InChI is InChI=1S/C9H15NO/c11-9(6-7-4-5-7)10-8-2-1-3-8/h7-8H,1-6H2,(H,10,11). The fourth-order valence-electron chi connectivity index (χ4n) is 1.42. The molecule has 2 aliphatic carbocycles. The van der Waals surface area contributed by atoms with Gasteiger partial charge in [0.2, 0.25) is 5.91 Å². The molecule has 0 heterocycles. The van der Waals surface area contributed by atoms with Gasteiger partial charge in [-0.15, -0.1) is 0 Å². The molecular formula is C9H15NO. The van der Waals surface area contributed by atoms with Crippen molar-refractivity contribution in [2.45, 2.75) is 44.6 Å². The number of hydrogen-bond acceptors (Lipinski definition) is 1. The first-order chi connectivity index (χ1) is 5.34. The van der Waals surface area contributed by atoms with Crippen LogP contribution in [0.4, 0.5) is 0 Å². The van der Waals surface area contributed by atoms with E-state index in [4.69, 9.17) is 0 Å². The first-order valence-corrected chi connectivity index (χ1v) is 4.64. The zero-order valence-corrected chi connectivity index (χ0v) is 6.81. The van der Waals surface area contributed by atoms with Crippen molar-refractivity contribution in [2.24, 2.45) is 5.92 Å². The fraction of sp³-hybridized carbons (Fsp3) is 0.889. The second-order valence-electron chi connectivity index (χ2n) is 3.84. The van der Waals surface area contributed by atoms with E-state index >= 15 is 0 Å². The van der Waals surface area contributed by atoms with Crippen LogP contribution in [-0.4, -0.2) is 11.9 Å². The average Bonchev–Trinajstić information content (AvgIpc) is 2.62. The smallest absolute Gasteiger partial charge is 0.220 e. The van der Waals surface area contributed by atoms with E-state index in [1.165, 1.54) is 32.1 Å². The third-order valence-corrected chi connectivity index (χ3v) is 2.64. The lowest BCUT2D eigenvalue weighted by Crippen LogP contribution is -2.39. The van der Waals surface area contributed by atoms with Crippen molar-refractivity contribution in [3.63, 3.8) is 0 Å². The Kier molecular flexibility index (Phi) is 1.84. The minimum Gasteiger partial charge on any atom is -0.353 e. The van der Waals surface area contributed by atoms with Crippen LogP contribution in [0.15, 0.2) is 0 Å². The van der Waals surface area contributed by atoms with Crippen LogP contribution >= 0.6 is 0 Å². The van der Waals surface area contributed by atoms with Gasteiger partial charge in [0.25, 0.3) is 0 Å². The number of rotatable bonds is 3. The minimum atomic E-state index is 0.289. The van der Waals surface area contributed by atoms with Gasteiger partial charge in [0, 0.05) is 12.5 Å². The lowest BCUT2D eigenvalue weighted by atomic mass is 9.93. The molecule has 0 atom stereocenters. The highest BCUT2D eigenvalue weighted by Gasteiger charge is 2.26. The van der Waals surface area contributed by atoms with E-state index < -0.39 is 0 Å². The van der Waals surface area contributed by atoms with Crippen molar-refractivity contribution in [1.82, 2.24) is 5.32 Å². The van der Waals surface area contributed by atoms with E-state index in [1.54, 1.807) is 0 Å². The van der Waals surface area contributed by atoms with Gasteiger partial charge in [0.15, 0.2) is 0 Å². The molecule has 2 rings (SSSR count). The van der Waals surface area contributed by atoms with Crippen LogP contribution in [0.2, 0.25) is 0 Å². The molecule has 0 aromatic heterocycles. The average molecular weight is 153 g/mol. The van der Waals surface area contributed by atoms with Crippen LogP contribution in [0.1, 0.15) is 38.5 Å². The SMILES string of the molecule is O=C(CC1CC1)NC1CCC1. The molecule has 0 spiro atoms. The summed E-state index contributed by atoms with van der Waals surface area (Å²) < 4.78 is 0. The van der Waals surface area contributed by atoms with Crippen molar-refractivity contribution in [2.75, 3.05) is 0 Å². The van der Waals surface area contributed by atoms with E-state index in [0.29, 0.717) is 6.04 Å². The van der Waals surface area contributed by atoms with Gasteiger partial charge < -0.3 is 5.32 Å². The van der Waals surface area contributed by atoms with Gasteiger partial charge in [-0.3, -0.25) is 4.79 Å².